The lowest BCUT2D eigenvalue weighted by molar-refractivity contribution is -0.136. The first-order chi connectivity index (χ1) is 8.58. The van der Waals surface area contributed by atoms with E-state index in [1.807, 2.05) is 50.2 Å². The number of ether oxygens (including phenoxy) is 1. The molecule has 94 valence electrons. The minimum Gasteiger partial charge on any atom is -0.425 e. The van der Waals surface area contributed by atoms with Crippen molar-refractivity contribution < 1.29 is 9.53 Å². The van der Waals surface area contributed by atoms with Crippen LogP contribution in [0.2, 0.25) is 0 Å². The molecule has 0 fully saturated rings. The Morgan fingerprint density at radius 2 is 1.78 bits per heavy atom. The lowest BCUT2D eigenvalue weighted by atomic mass is 10.1. The fraction of sp³-hybridized carbons (Fsp3) is 0.267. The fourth-order valence-electron chi connectivity index (χ4n) is 1.69. The van der Waals surface area contributed by atoms with Crippen molar-refractivity contribution in [2.45, 2.75) is 19.9 Å². The minimum absolute atomic E-state index is 0.0676. The number of hydrogen-bond donors (Lipinski definition) is 1. The van der Waals surface area contributed by atoms with E-state index in [1.54, 1.807) is 6.07 Å². The number of carbonyl (C=O) groups excluding carboxylic acids is 1. The summed E-state index contributed by atoms with van der Waals surface area (Å²) >= 11 is 0. The molecule has 2 aromatic rings. The molecule has 3 heteroatoms. The Kier molecular flexibility index (Phi) is 3.63. The molecule has 1 atom stereocenters. The average molecular weight is 243 g/mol. The molecule has 0 aliphatic carbocycles. The maximum Gasteiger partial charge on any atom is 0.328 e. The van der Waals surface area contributed by atoms with Crippen LogP contribution in [0.15, 0.2) is 42.5 Å². The summed E-state index contributed by atoms with van der Waals surface area (Å²) in [5, 5.41) is 2.16. The van der Waals surface area contributed by atoms with Gasteiger partial charge in [0.05, 0.1) is 0 Å². The SMILES string of the molecule is CC(C)C(N)C(=O)Oc1ccc2ccccc2c1. The van der Waals surface area contributed by atoms with Crippen LogP contribution in [-0.4, -0.2) is 12.0 Å². The lowest BCUT2D eigenvalue weighted by Gasteiger charge is -2.14. The summed E-state index contributed by atoms with van der Waals surface area (Å²) in [6, 6.07) is 12.9. The molecule has 0 radical (unpaired) electrons. The zero-order chi connectivity index (χ0) is 13.1. The molecular formula is C15H17NO2. The van der Waals surface area contributed by atoms with E-state index in [9.17, 15) is 4.79 Å². The first-order valence-corrected chi connectivity index (χ1v) is 6.04. The van der Waals surface area contributed by atoms with Crippen LogP contribution >= 0.6 is 0 Å². The monoisotopic (exact) mass is 243 g/mol. The van der Waals surface area contributed by atoms with E-state index in [0.29, 0.717) is 5.75 Å². The maximum absolute atomic E-state index is 11.7. The Bertz CT molecular complexity index is 563. The van der Waals surface area contributed by atoms with Crippen molar-refractivity contribution in [3.63, 3.8) is 0 Å². The van der Waals surface area contributed by atoms with Crippen molar-refractivity contribution in [3.8, 4) is 5.75 Å². The molecule has 0 amide bonds. The molecular weight excluding hydrogens is 226 g/mol. The van der Waals surface area contributed by atoms with Gasteiger partial charge >= 0.3 is 5.97 Å². The predicted octanol–water partition coefficient (Wildman–Crippen LogP) is 2.73. The van der Waals surface area contributed by atoms with Gasteiger partial charge in [0.25, 0.3) is 0 Å². The topological polar surface area (TPSA) is 52.3 Å². The van der Waals surface area contributed by atoms with Crippen molar-refractivity contribution in [2.24, 2.45) is 11.7 Å². The van der Waals surface area contributed by atoms with Gasteiger partial charge in [-0.25, -0.2) is 4.79 Å². The summed E-state index contributed by atoms with van der Waals surface area (Å²) in [6.45, 7) is 3.79. The standard InChI is InChI=1S/C15H17NO2/c1-10(2)14(16)15(17)18-13-8-7-11-5-3-4-6-12(11)9-13/h3-10,14H,16H2,1-2H3. The first-order valence-electron chi connectivity index (χ1n) is 6.04. The Morgan fingerprint density at radius 1 is 1.11 bits per heavy atom. The summed E-state index contributed by atoms with van der Waals surface area (Å²) in [7, 11) is 0. The molecule has 2 aromatic carbocycles. The predicted molar refractivity (Wildman–Crippen MR) is 72.4 cm³/mol. The van der Waals surface area contributed by atoms with Gasteiger partial charge in [0.15, 0.2) is 0 Å². The molecule has 2 rings (SSSR count). The summed E-state index contributed by atoms with van der Waals surface area (Å²) in [5.41, 5.74) is 5.75. The Labute approximate surface area is 107 Å². The van der Waals surface area contributed by atoms with E-state index >= 15 is 0 Å². The third-order valence-corrected chi connectivity index (χ3v) is 2.93. The number of fused-ring (bicyclic) bond motifs is 1. The highest BCUT2D eigenvalue weighted by Crippen LogP contribution is 2.21. The largest absolute Gasteiger partial charge is 0.425 e. The normalized spacial score (nSPS) is 12.7. The fourth-order valence-corrected chi connectivity index (χ4v) is 1.69. The quantitative estimate of drug-likeness (QED) is 0.666. The smallest absolute Gasteiger partial charge is 0.328 e. The number of hydrogen-bond acceptors (Lipinski definition) is 3. The van der Waals surface area contributed by atoms with Gasteiger partial charge in [-0.05, 0) is 28.8 Å². The van der Waals surface area contributed by atoms with Crippen LogP contribution in [0.4, 0.5) is 0 Å². The van der Waals surface area contributed by atoms with Crippen molar-refractivity contribution in [1.29, 1.82) is 0 Å². The molecule has 0 saturated carbocycles. The second-order valence-electron chi connectivity index (χ2n) is 4.70. The van der Waals surface area contributed by atoms with Crippen molar-refractivity contribution >= 4 is 16.7 Å². The molecule has 0 aliphatic heterocycles. The highest BCUT2D eigenvalue weighted by Gasteiger charge is 2.19. The zero-order valence-electron chi connectivity index (χ0n) is 10.6. The molecule has 0 heterocycles. The van der Waals surface area contributed by atoms with Crippen LogP contribution in [0.3, 0.4) is 0 Å². The second-order valence-corrected chi connectivity index (χ2v) is 4.70. The van der Waals surface area contributed by atoms with Crippen LogP contribution in [0.25, 0.3) is 10.8 Å². The molecule has 0 bridgehead atoms. The zero-order valence-corrected chi connectivity index (χ0v) is 10.6. The molecule has 0 saturated heterocycles. The van der Waals surface area contributed by atoms with E-state index in [1.165, 1.54) is 0 Å². The third-order valence-electron chi connectivity index (χ3n) is 2.93. The van der Waals surface area contributed by atoms with Crippen LogP contribution in [0.5, 0.6) is 5.75 Å². The lowest BCUT2D eigenvalue weighted by Crippen LogP contribution is -2.38. The molecule has 0 aliphatic rings. The van der Waals surface area contributed by atoms with Crippen molar-refractivity contribution in [2.75, 3.05) is 0 Å². The Balaban J connectivity index is 2.19. The van der Waals surface area contributed by atoms with Gasteiger partial charge < -0.3 is 10.5 Å². The minimum atomic E-state index is -0.587. The van der Waals surface area contributed by atoms with Crippen molar-refractivity contribution in [3.05, 3.63) is 42.5 Å². The van der Waals surface area contributed by atoms with Gasteiger partial charge in [-0.2, -0.15) is 0 Å². The number of carbonyl (C=O) groups is 1. The number of nitrogens with two attached hydrogens (primary N) is 1. The molecule has 3 nitrogen and oxygen atoms in total. The first kappa shape index (κ1) is 12.6. The van der Waals surface area contributed by atoms with E-state index in [2.05, 4.69) is 0 Å². The third kappa shape index (κ3) is 2.68. The van der Waals surface area contributed by atoms with E-state index in [4.69, 9.17) is 10.5 Å². The van der Waals surface area contributed by atoms with Gasteiger partial charge in [-0.1, -0.05) is 44.2 Å². The van der Waals surface area contributed by atoms with Crippen LogP contribution in [0.1, 0.15) is 13.8 Å². The average Bonchev–Trinajstić information content (AvgIpc) is 2.37. The molecule has 18 heavy (non-hydrogen) atoms. The van der Waals surface area contributed by atoms with Crippen LogP contribution in [-0.2, 0) is 4.79 Å². The van der Waals surface area contributed by atoms with Gasteiger partial charge in [0.1, 0.15) is 11.8 Å². The summed E-state index contributed by atoms with van der Waals surface area (Å²) in [6.07, 6.45) is 0. The highest BCUT2D eigenvalue weighted by molar-refractivity contribution is 5.85. The molecule has 0 spiro atoms. The van der Waals surface area contributed by atoms with Gasteiger partial charge in [0.2, 0.25) is 0 Å². The summed E-state index contributed by atoms with van der Waals surface area (Å²) in [4.78, 5) is 11.7. The van der Waals surface area contributed by atoms with Gasteiger partial charge in [0, 0.05) is 0 Å². The van der Waals surface area contributed by atoms with E-state index < -0.39 is 6.04 Å². The Hall–Kier alpha value is -1.87. The summed E-state index contributed by atoms with van der Waals surface area (Å²) < 4.78 is 5.28. The van der Waals surface area contributed by atoms with Crippen molar-refractivity contribution in [1.82, 2.24) is 0 Å². The van der Waals surface area contributed by atoms with Gasteiger partial charge in [-0.3, -0.25) is 0 Å². The van der Waals surface area contributed by atoms with E-state index in [-0.39, 0.29) is 11.9 Å². The Morgan fingerprint density at radius 3 is 2.44 bits per heavy atom. The molecule has 1 unspecified atom stereocenters. The number of benzene rings is 2. The molecule has 0 aromatic heterocycles. The van der Waals surface area contributed by atoms with E-state index in [0.717, 1.165) is 10.8 Å². The highest BCUT2D eigenvalue weighted by atomic mass is 16.5. The number of rotatable bonds is 3. The van der Waals surface area contributed by atoms with Gasteiger partial charge in [-0.15, -0.1) is 0 Å². The number of esters is 1. The second kappa shape index (κ2) is 5.19. The molecule has 2 N–H and O–H groups in total. The maximum atomic E-state index is 11.7. The summed E-state index contributed by atoms with van der Waals surface area (Å²) in [5.74, 6) is 0.216. The van der Waals surface area contributed by atoms with Crippen LogP contribution in [0, 0.1) is 5.92 Å². The van der Waals surface area contributed by atoms with Crippen LogP contribution < -0.4 is 10.5 Å².